The van der Waals surface area contributed by atoms with Crippen LogP contribution in [0.3, 0.4) is 0 Å². The summed E-state index contributed by atoms with van der Waals surface area (Å²) in [7, 11) is 3.29. The van der Waals surface area contributed by atoms with E-state index >= 15 is 0 Å². The first-order valence-electron chi connectivity index (χ1n) is 10.4. The number of likely N-dealkylation sites (N-methyl/N-ethyl adjacent to an activating group) is 1. The van der Waals surface area contributed by atoms with Crippen LogP contribution in [-0.4, -0.2) is 38.2 Å². The van der Waals surface area contributed by atoms with Gasteiger partial charge in [0.15, 0.2) is 0 Å². The van der Waals surface area contributed by atoms with E-state index in [-0.39, 0.29) is 35.8 Å². The van der Waals surface area contributed by atoms with Gasteiger partial charge in [0, 0.05) is 24.6 Å². The van der Waals surface area contributed by atoms with Crippen molar-refractivity contribution in [1.29, 1.82) is 0 Å². The van der Waals surface area contributed by atoms with Gasteiger partial charge >= 0.3 is 5.97 Å². The number of amides is 1. The van der Waals surface area contributed by atoms with Crippen LogP contribution in [0.15, 0.2) is 42.5 Å². The maximum Gasteiger partial charge on any atom is 0.309 e. The molecule has 0 heterocycles. The first kappa shape index (κ1) is 22.6. The summed E-state index contributed by atoms with van der Waals surface area (Å²) in [6.07, 6.45) is 1.30. The van der Waals surface area contributed by atoms with Crippen LogP contribution in [0.2, 0.25) is 0 Å². The molecule has 2 N–H and O–H groups in total. The third-order valence-corrected chi connectivity index (χ3v) is 5.86. The molecular formula is C24H29FN2O4. The number of hydrogen-bond donors (Lipinski definition) is 1. The summed E-state index contributed by atoms with van der Waals surface area (Å²) in [6, 6.07) is 11.2. The van der Waals surface area contributed by atoms with Gasteiger partial charge in [0.1, 0.15) is 11.6 Å². The van der Waals surface area contributed by atoms with Gasteiger partial charge in [-0.25, -0.2) is 4.39 Å². The summed E-state index contributed by atoms with van der Waals surface area (Å²) in [6.45, 7) is 3.85. The number of carbonyl (C=O) groups is 2. The lowest BCUT2D eigenvalue weighted by Crippen LogP contribution is -2.37. The zero-order valence-electron chi connectivity index (χ0n) is 18.3. The molecule has 1 amide bonds. The van der Waals surface area contributed by atoms with Crippen LogP contribution in [0.5, 0.6) is 5.75 Å². The monoisotopic (exact) mass is 428 g/mol. The van der Waals surface area contributed by atoms with Crippen molar-refractivity contribution in [3.05, 3.63) is 59.4 Å². The van der Waals surface area contributed by atoms with Gasteiger partial charge in [0.25, 0.3) is 0 Å². The number of hydrogen-bond acceptors (Lipinski definition) is 5. The molecule has 1 aliphatic carbocycles. The Kier molecular flexibility index (Phi) is 6.83. The molecule has 31 heavy (non-hydrogen) atoms. The molecule has 166 valence electrons. The molecular weight excluding hydrogens is 399 g/mol. The lowest BCUT2D eigenvalue weighted by molar-refractivity contribution is -0.145. The number of nitrogens with zero attached hydrogens (tertiary/aromatic N) is 1. The molecule has 1 fully saturated rings. The molecule has 0 saturated heterocycles. The molecule has 2 aromatic rings. The SMILES string of the molecule is COC(=O)[C@H]1CC[C@H](N(C)c2cc(C(N)=O)ccc2OC(C)C)[C@@H]1c1ccc(F)cc1. The Morgan fingerprint density at radius 3 is 2.39 bits per heavy atom. The highest BCUT2D eigenvalue weighted by Gasteiger charge is 2.44. The fourth-order valence-corrected chi connectivity index (χ4v) is 4.45. The van der Waals surface area contributed by atoms with Gasteiger partial charge in [-0.05, 0) is 62.6 Å². The van der Waals surface area contributed by atoms with Gasteiger partial charge in [-0.3, -0.25) is 9.59 Å². The van der Waals surface area contributed by atoms with E-state index in [9.17, 15) is 14.0 Å². The van der Waals surface area contributed by atoms with Crippen LogP contribution in [0.1, 0.15) is 48.5 Å². The van der Waals surface area contributed by atoms with Crippen molar-refractivity contribution >= 4 is 17.6 Å². The minimum absolute atomic E-state index is 0.0640. The van der Waals surface area contributed by atoms with E-state index in [1.165, 1.54) is 19.2 Å². The fourth-order valence-electron chi connectivity index (χ4n) is 4.45. The zero-order valence-corrected chi connectivity index (χ0v) is 18.3. The minimum atomic E-state index is -0.528. The molecule has 6 nitrogen and oxygen atoms in total. The topological polar surface area (TPSA) is 81.9 Å². The number of primary amides is 1. The van der Waals surface area contributed by atoms with Crippen molar-refractivity contribution < 1.29 is 23.5 Å². The molecule has 7 heteroatoms. The Hall–Kier alpha value is -3.09. The van der Waals surface area contributed by atoms with E-state index in [0.29, 0.717) is 23.4 Å². The number of methoxy groups -OCH3 is 1. The molecule has 0 bridgehead atoms. The van der Waals surface area contributed by atoms with Gasteiger partial charge < -0.3 is 20.1 Å². The van der Waals surface area contributed by atoms with Crippen molar-refractivity contribution in [1.82, 2.24) is 0 Å². The van der Waals surface area contributed by atoms with Crippen LogP contribution in [0.4, 0.5) is 10.1 Å². The van der Waals surface area contributed by atoms with Crippen molar-refractivity contribution in [2.45, 2.75) is 44.8 Å². The first-order chi connectivity index (χ1) is 14.7. The van der Waals surface area contributed by atoms with E-state index in [1.54, 1.807) is 30.3 Å². The Bertz CT molecular complexity index is 945. The van der Waals surface area contributed by atoms with Crippen molar-refractivity contribution in [2.24, 2.45) is 11.7 Å². The summed E-state index contributed by atoms with van der Waals surface area (Å²) in [5.41, 5.74) is 7.46. The van der Waals surface area contributed by atoms with Crippen LogP contribution in [-0.2, 0) is 9.53 Å². The fraction of sp³-hybridized carbons (Fsp3) is 0.417. The predicted octanol–water partition coefficient (Wildman–Crippen LogP) is 3.88. The molecule has 3 atom stereocenters. The normalized spacial score (nSPS) is 20.5. The average molecular weight is 429 g/mol. The molecule has 1 saturated carbocycles. The maximum absolute atomic E-state index is 13.5. The third kappa shape index (κ3) is 4.81. The number of anilines is 1. The van der Waals surface area contributed by atoms with E-state index in [4.69, 9.17) is 15.2 Å². The smallest absolute Gasteiger partial charge is 0.309 e. The van der Waals surface area contributed by atoms with E-state index in [0.717, 1.165) is 12.0 Å². The Labute approximate surface area is 182 Å². The molecule has 0 radical (unpaired) electrons. The molecule has 0 aliphatic heterocycles. The average Bonchev–Trinajstić information content (AvgIpc) is 3.18. The predicted molar refractivity (Wildman–Crippen MR) is 117 cm³/mol. The van der Waals surface area contributed by atoms with Gasteiger partial charge in [-0.15, -0.1) is 0 Å². The van der Waals surface area contributed by atoms with Gasteiger partial charge in [0.2, 0.25) is 5.91 Å². The number of benzene rings is 2. The highest BCUT2D eigenvalue weighted by Crippen LogP contribution is 2.45. The number of halogens is 1. The molecule has 1 aliphatic rings. The number of esters is 1. The van der Waals surface area contributed by atoms with Crippen molar-refractivity contribution in [3.8, 4) is 5.75 Å². The summed E-state index contributed by atoms with van der Waals surface area (Å²) < 4.78 is 24.6. The third-order valence-electron chi connectivity index (χ3n) is 5.86. The quantitative estimate of drug-likeness (QED) is 0.677. The Morgan fingerprint density at radius 2 is 1.81 bits per heavy atom. The Balaban J connectivity index is 2.04. The molecule has 0 spiro atoms. The second-order valence-corrected chi connectivity index (χ2v) is 8.18. The van der Waals surface area contributed by atoms with E-state index in [1.807, 2.05) is 25.8 Å². The summed E-state index contributed by atoms with van der Waals surface area (Å²) in [5, 5.41) is 0. The van der Waals surface area contributed by atoms with Crippen LogP contribution < -0.4 is 15.4 Å². The number of carbonyl (C=O) groups excluding carboxylic acids is 2. The molecule has 0 aromatic heterocycles. The summed E-state index contributed by atoms with van der Waals surface area (Å²) >= 11 is 0. The highest BCUT2D eigenvalue weighted by atomic mass is 19.1. The van der Waals surface area contributed by atoms with E-state index in [2.05, 4.69) is 0 Å². The van der Waals surface area contributed by atoms with Crippen LogP contribution in [0.25, 0.3) is 0 Å². The number of ether oxygens (including phenoxy) is 2. The standard InChI is InChI=1S/C24H29FN2O4/c1-14(2)31-21-12-7-16(23(26)28)13-20(21)27(3)19-11-10-18(24(29)30-4)22(19)15-5-8-17(25)9-6-15/h5-9,12-14,18-19,22H,10-11H2,1-4H3,(H2,26,28)/t18-,19-,22+/m0/s1. The summed E-state index contributed by atoms with van der Waals surface area (Å²) in [5.74, 6) is -1.07. The van der Waals surface area contributed by atoms with Gasteiger partial charge in [-0.2, -0.15) is 0 Å². The largest absolute Gasteiger partial charge is 0.489 e. The summed E-state index contributed by atoms with van der Waals surface area (Å²) in [4.78, 5) is 26.3. The lowest BCUT2D eigenvalue weighted by Gasteiger charge is -2.34. The molecule has 2 aromatic carbocycles. The Morgan fingerprint density at radius 1 is 1.13 bits per heavy atom. The van der Waals surface area contributed by atoms with Crippen LogP contribution in [0, 0.1) is 11.7 Å². The second-order valence-electron chi connectivity index (χ2n) is 8.18. The minimum Gasteiger partial charge on any atom is -0.489 e. The zero-order chi connectivity index (χ0) is 22.7. The second kappa shape index (κ2) is 9.37. The highest BCUT2D eigenvalue weighted by molar-refractivity contribution is 5.94. The van der Waals surface area contributed by atoms with Crippen molar-refractivity contribution in [2.75, 3.05) is 19.1 Å². The van der Waals surface area contributed by atoms with Crippen LogP contribution >= 0.6 is 0 Å². The maximum atomic E-state index is 13.5. The number of nitrogens with two attached hydrogens (primary N) is 1. The number of rotatable bonds is 7. The first-order valence-corrected chi connectivity index (χ1v) is 10.4. The van der Waals surface area contributed by atoms with Crippen molar-refractivity contribution in [3.63, 3.8) is 0 Å². The van der Waals surface area contributed by atoms with Gasteiger partial charge in [-0.1, -0.05) is 12.1 Å². The van der Waals surface area contributed by atoms with E-state index < -0.39 is 5.91 Å². The molecule has 0 unspecified atom stereocenters. The molecule has 3 rings (SSSR count). The van der Waals surface area contributed by atoms with Gasteiger partial charge in [0.05, 0.1) is 24.8 Å². The lowest BCUT2D eigenvalue weighted by atomic mass is 9.85.